The maximum atomic E-state index is 5.85. The molecule has 0 saturated carbocycles. The quantitative estimate of drug-likeness (QED) is 0.383. The lowest BCUT2D eigenvalue weighted by molar-refractivity contribution is 1.37. The van der Waals surface area contributed by atoms with Gasteiger partial charge in [-0.2, -0.15) is 0 Å². The molecule has 0 aromatic heterocycles. The van der Waals surface area contributed by atoms with Crippen molar-refractivity contribution in [1.29, 1.82) is 0 Å². The van der Waals surface area contributed by atoms with Gasteiger partial charge in [0.25, 0.3) is 0 Å². The number of alkyl halides is 1. The number of hydrogen-bond donors (Lipinski definition) is 1. The highest BCUT2D eigenvalue weighted by Gasteiger charge is 1.99. The fourth-order valence-corrected chi connectivity index (χ4v) is 1.28. The molecule has 0 saturated heterocycles. The Hall–Kier alpha value is -1.13. The Balaban J connectivity index is 3.20. The van der Waals surface area contributed by atoms with Crippen LogP contribution in [0.25, 0.3) is 0 Å². The maximum Gasteiger partial charge on any atom is 0.0839 e. The van der Waals surface area contributed by atoms with Crippen molar-refractivity contribution >= 4 is 17.3 Å². The van der Waals surface area contributed by atoms with Gasteiger partial charge in [0, 0.05) is 5.56 Å². The normalized spacial score (nSPS) is 9.15. The first-order valence-electron chi connectivity index (χ1n) is 4.06. The first kappa shape index (κ1) is 9.95. The first-order chi connectivity index (χ1) is 6.15. The number of aryl methyl sites for hydroxylation is 2. The van der Waals surface area contributed by atoms with Crippen molar-refractivity contribution in [2.45, 2.75) is 13.8 Å². The minimum atomic E-state index is 0.340. The van der Waals surface area contributed by atoms with Gasteiger partial charge < -0.3 is 5.73 Å². The van der Waals surface area contributed by atoms with Gasteiger partial charge in [-0.1, -0.05) is 17.9 Å². The Kier molecular flexibility index (Phi) is 3.22. The summed E-state index contributed by atoms with van der Waals surface area (Å²) in [7, 11) is 0. The van der Waals surface area contributed by atoms with Crippen LogP contribution in [-0.4, -0.2) is 5.88 Å². The predicted octanol–water partition coefficient (Wildman–Crippen LogP) is 2.48. The number of anilines is 1. The zero-order valence-electron chi connectivity index (χ0n) is 7.82. The molecule has 2 heteroatoms. The maximum absolute atomic E-state index is 5.85. The fraction of sp³-hybridized carbons (Fsp3) is 0.273. The van der Waals surface area contributed by atoms with E-state index < -0.39 is 0 Å². The minimum absolute atomic E-state index is 0.340. The second kappa shape index (κ2) is 4.20. The van der Waals surface area contributed by atoms with Gasteiger partial charge in [-0.3, -0.25) is 0 Å². The Morgan fingerprint density at radius 3 is 2.69 bits per heavy atom. The van der Waals surface area contributed by atoms with Crippen molar-refractivity contribution in [2.24, 2.45) is 0 Å². The second-order valence-electron chi connectivity index (χ2n) is 2.98. The van der Waals surface area contributed by atoms with Gasteiger partial charge in [-0.25, -0.2) is 0 Å². The third kappa shape index (κ3) is 2.40. The molecule has 2 N–H and O–H groups in total. The Labute approximate surface area is 83.9 Å². The van der Waals surface area contributed by atoms with Crippen LogP contribution in [0.15, 0.2) is 12.1 Å². The molecule has 0 aliphatic heterocycles. The molecule has 0 aliphatic carbocycles. The molecule has 68 valence electrons. The van der Waals surface area contributed by atoms with Crippen LogP contribution >= 0.6 is 11.6 Å². The minimum Gasteiger partial charge on any atom is -0.398 e. The number of hydrogen-bond acceptors (Lipinski definition) is 1. The number of nitrogens with two attached hydrogens (primary N) is 1. The summed E-state index contributed by atoms with van der Waals surface area (Å²) in [5, 5.41) is 0. The fourth-order valence-electron chi connectivity index (χ4n) is 1.21. The average molecular weight is 194 g/mol. The standard InChI is InChI=1S/C11H12ClN/c1-8-6-9(2)11(13)10(7-8)4-3-5-12/h6-7H,5,13H2,1-2H3. The molecule has 1 aromatic rings. The van der Waals surface area contributed by atoms with Crippen LogP contribution in [0.1, 0.15) is 16.7 Å². The largest absolute Gasteiger partial charge is 0.398 e. The molecule has 13 heavy (non-hydrogen) atoms. The molecule has 0 heterocycles. The van der Waals surface area contributed by atoms with Crippen LogP contribution in [0, 0.1) is 25.7 Å². The smallest absolute Gasteiger partial charge is 0.0839 e. The monoisotopic (exact) mass is 193 g/mol. The van der Waals surface area contributed by atoms with E-state index in [1.165, 1.54) is 5.56 Å². The van der Waals surface area contributed by atoms with E-state index in [0.717, 1.165) is 16.8 Å². The number of halogens is 1. The molecule has 0 unspecified atom stereocenters. The van der Waals surface area contributed by atoms with Crippen LogP contribution in [0.3, 0.4) is 0 Å². The van der Waals surface area contributed by atoms with Crippen LogP contribution in [-0.2, 0) is 0 Å². The first-order valence-corrected chi connectivity index (χ1v) is 4.60. The molecule has 0 spiro atoms. The Morgan fingerprint density at radius 2 is 2.08 bits per heavy atom. The van der Waals surface area contributed by atoms with Crippen LogP contribution < -0.4 is 5.73 Å². The average Bonchev–Trinajstić information content (AvgIpc) is 2.09. The van der Waals surface area contributed by atoms with E-state index in [4.69, 9.17) is 17.3 Å². The van der Waals surface area contributed by atoms with Crippen molar-refractivity contribution in [3.05, 3.63) is 28.8 Å². The molecule has 0 bridgehead atoms. The molecule has 0 atom stereocenters. The summed E-state index contributed by atoms with van der Waals surface area (Å²) in [5.41, 5.74) is 9.71. The lowest BCUT2D eigenvalue weighted by Crippen LogP contribution is -1.95. The summed E-state index contributed by atoms with van der Waals surface area (Å²) in [4.78, 5) is 0. The summed E-state index contributed by atoms with van der Waals surface area (Å²) in [5.74, 6) is 6.07. The zero-order chi connectivity index (χ0) is 9.84. The van der Waals surface area contributed by atoms with Gasteiger partial charge >= 0.3 is 0 Å². The van der Waals surface area contributed by atoms with Gasteiger partial charge in [0.2, 0.25) is 0 Å². The van der Waals surface area contributed by atoms with E-state index in [1.807, 2.05) is 26.0 Å². The predicted molar refractivity (Wildman–Crippen MR) is 57.9 cm³/mol. The Morgan fingerprint density at radius 1 is 1.38 bits per heavy atom. The van der Waals surface area contributed by atoms with Gasteiger partial charge in [-0.15, -0.1) is 11.6 Å². The molecule has 1 rings (SSSR count). The Bertz CT molecular complexity index is 372. The molecule has 0 fully saturated rings. The van der Waals surface area contributed by atoms with Crippen molar-refractivity contribution in [3.8, 4) is 11.8 Å². The molecule has 0 amide bonds. The lowest BCUT2D eigenvalue weighted by atomic mass is 10.0. The molecule has 1 nitrogen and oxygen atoms in total. The summed E-state index contributed by atoms with van der Waals surface area (Å²) in [6.45, 7) is 4.01. The summed E-state index contributed by atoms with van der Waals surface area (Å²) in [6.07, 6.45) is 0. The van der Waals surface area contributed by atoms with Crippen molar-refractivity contribution < 1.29 is 0 Å². The number of rotatable bonds is 0. The van der Waals surface area contributed by atoms with Crippen molar-refractivity contribution in [1.82, 2.24) is 0 Å². The van der Waals surface area contributed by atoms with E-state index >= 15 is 0 Å². The molecule has 0 radical (unpaired) electrons. The van der Waals surface area contributed by atoms with E-state index in [2.05, 4.69) is 11.8 Å². The summed E-state index contributed by atoms with van der Waals surface area (Å²) < 4.78 is 0. The van der Waals surface area contributed by atoms with Gasteiger partial charge in [-0.05, 0) is 31.0 Å². The highest BCUT2D eigenvalue weighted by atomic mass is 35.5. The second-order valence-corrected chi connectivity index (χ2v) is 3.25. The highest BCUT2D eigenvalue weighted by Crippen LogP contribution is 2.17. The van der Waals surface area contributed by atoms with Crippen molar-refractivity contribution in [2.75, 3.05) is 11.6 Å². The van der Waals surface area contributed by atoms with Gasteiger partial charge in [0.15, 0.2) is 0 Å². The highest BCUT2D eigenvalue weighted by molar-refractivity contribution is 6.19. The third-order valence-electron chi connectivity index (χ3n) is 1.82. The number of benzene rings is 1. The molecular formula is C11H12ClN. The lowest BCUT2D eigenvalue weighted by Gasteiger charge is -2.04. The summed E-state index contributed by atoms with van der Waals surface area (Å²) >= 11 is 5.47. The van der Waals surface area contributed by atoms with Crippen LogP contribution in [0.5, 0.6) is 0 Å². The molecule has 1 aromatic carbocycles. The summed E-state index contributed by atoms with van der Waals surface area (Å²) in [6, 6.07) is 4.02. The van der Waals surface area contributed by atoms with E-state index in [9.17, 15) is 0 Å². The molecular weight excluding hydrogens is 182 g/mol. The van der Waals surface area contributed by atoms with E-state index in [0.29, 0.717) is 5.88 Å². The zero-order valence-corrected chi connectivity index (χ0v) is 8.57. The molecule has 0 aliphatic rings. The van der Waals surface area contributed by atoms with Gasteiger partial charge in [0.1, 0.15) is 0 Å². The number of nitrogen functional groups attached to an aromatic ring is 1. The van der Waals surface area contributed by atoms with Gasteiger partial charge in [0.05, 0.1) is 11.6 Å². The topological polar surface area (TPSA) is 26.0 Å². The van der Waals surface area contributed by atoms with Crippen LogP contribution in [0.4, 0.5) is 5.69 Å². The van der Waals surface area contributed by atoms with Crippen molar-refractivity contribution in [3.63, 3.8) is 0 Å². The SMILES string of the molecule is Cc1cc(C)c(N)c(C#CCCl)c1. The third-order valence-corrected chi connectivity index (χ3v) is 1.95. The van der Waals surface area contributed by atoms with E-state index in [-0.39, 0.29) is 0 Å². The van der Waals surface area contributed by atoms with E-state index in [1.54, 1.807) is 0 Å². The van der Waals surface area contributed by atoms with Crippen LogP contribution in [0.2, 0.25) is 0 Å².